The van der Waals surface area contributed by atoms with Crippen LogP contribution in [0.4, 0.5) is 11.4 Å². The molecule has 3 aromatic rings. The molecule has 0 heterocycles. The van der Waals surface area contributed by atoms with Gasteiger partial charge in [-0.15, -0.1) is 0 Å². The molecule has 0 atom stereocenters. The highest BCUT2D eigenvalue weighted by Gasteiger charge is 2.15. The van der Waals surface area contributed by atoms with Gasteiger partial charge in [-0.1, -0.05) is 48.0 Å². The number of aryl methyl sites for hydroxylation is 2. The van der Waals surface area contributed by atoms with Crippen LogP contribution in [0.5, 0.6) is 0 Å². The fourth-order valence-corrected chi connectivity index (χ4v) is 4.25. The minimum Gasteiger partial charge on any atom is -0.332 e. The van der Waals surface area contributed by atoms with Gasteiger partial charge >= 0.3 is 0 Å². The van der Waals surface area contributed by atoms with Gasteiger partial charge in [0.15, 0.2) is 5.11 Å². The van der Waals surface area contributed by atoms with Gasteiger partial charge in [-0.25, -0.2) is 8.42 Å². The van der Waals surface area contributed by atoms with E-state index in [1.54, 1.807) is 24.3 Å². The second kappa shape index (κ2) is 10.2. The lowest BCUT2D eigenvalue weighted by Gasteiger charge is -2.12. The lowest BCUT2D eigenvalue weighted by Crippen LogP contribution is -2.32. The molecular weight excluding hydrogens is 442 g/mol. The number of anilines is 2. The molecule has 0 saturated carbocycles. The van der Waals surface area contributed by atoms with Crippen molar-refractivity contribution in [2.45, 2.75) is 18.7 Å². The maximum atomic E-state index is 12.7. The number of benzene rings is 3. The lowest BCUT2D eigenvalue weighted by atomic mass is 10.1. The van der Waals surface area contributed by atoms with Crippen LogP contribution in [0.1, 0.15) is 16.7 Å². The van der Waals surface area contributed by atoms with Gasteiger partial charge in [0.25, 0.3) is 10.0 Å². The number of thiocarbonyl (C=S) groups is 1. The van der Waals surface area contributed by atoms with Crippen molar-refractivity contribution in [3.63, 3.8) is 0 Å². The van der Waals surface area contributed by atoms with Gasteiger partial charge in [-0.05, 0) is 73.6 Å². The van der Waals surface area contributed by atoms with Gasteiger partial charge in [0, 0.05) is 11.8 Å². The van der Waals surface area contributed by atoms with E-state index in [-0.39, 0.29) is 15.9 Å². The van der Waals surface area contributed by atoms with Crippen LogP contribution in [0.3, 0.4) is 0 Å². The molecule has 32 heavy (non-hydrogen) atoms. The molecule has 0 radical (unpaired) electrons. The molecule has 0 unspecified atom stereocenters. The summed E-state index contributed by atoms with van der Waals surface area (Å²) in [6.45, 7) is 3.80. The fraction of sp³-hybridized carbons (Fsp3) is 0.0833. The standard InChI is InChI=1S/C24H23N3O3S2/c1-17-8-14-22(18(2)16-17)27-32(29,30)21-12-10-20(11-13-21)25-24(31)26-23(28)15-9-19-6-4-3-5-7-19/h3-16,27H,1-2H3,(H2,25,26,28,31). The Bertz CT molecular complexity index is 1250. The van der Waals surface area contributed by atoms with Gasteiger partial charge in [0.2, 0.25) is 5.91 Å². The molecule has 0 aromatic heterocycles. The van der Waals surface area contributed by atoms with Crippen LogP contribution in [0.2, 0.25) is 0 Å². The van der Waals surface area contributed by atoms with Crippen molar-refractivity contribution < 1.29 is 13.2 Å². The van der Waals surface area contributed by atoms with Crippen molar-refractivity contribution in [1.29, 1.82) is 0 Å². The highest BCUT2D eigenvalue weighted by atomic mass is 32.2. The molecule has 0 aliphatic carbocycles. The molecule has 8 heteroatoms. The van der Waals surface area contributed by atoms with Crippen molar-refractivity contribution >= 4 is 50.7 Å². The molecule has 0 aliphatic rings. The molecule has 1 amide bonds. The van der Waals surface area contributed by atoms with Crippen molar-refractivity contribution in [2.24, 2.45) is 0 Å². The Labute approximate surface area is 193 Å². The second-order valence-corrected chi connectivity index (χ2v) is 9.23. The van der Waals surface area contributed by atoms with E-state index < -0.39 is 10.0 Å². The summed E-state index contributed by atoms with van der Waals surface area (Å²) in [5, 5.41) is 5.52. The summed E-state index contributed by atoms with van der Waals surface area (Å²) in [4.78, 5) is 12.1. The number of sulfonamides is 1. The molecule has 164 valence electrons. The smallest absolute Gasteiger partial charge is 0.261 e. The van der Waals surface area contributed by atoms with Gasteiger partial charge in [0.05, 0.1) is 10.6 Å². The third-order valence-corrected chi connectivity index (χ3v) is 6.10. The highest BCUT2D eigenvalue weighted by molar-refractivity contribution is 7.92. The summed E-state index contributed by atoms with van der Waals surface area (Å²) in [5.74, 6) is -0.372. The van der Waals surface area contributed by atoms with Crippen LogP contribution >= 0.6 is 12.2 Å². The largest absolute Gasteiger partial charge is 0.332 e. The first-order chi connectivity index (χ1) is 15.2. The van der Waals surface area contributed by atoms with E-state index in [2.05, 4.69) is 15.4 Å². The maximum Gasteiger partial charge on any atom is 0.261 e. The third-order valence-electron chi connectivity index (χ3n) is 4.51. The van der Waals surface area contributed by atoms with E-state index in [0.29, 0.717) is 11.4 Å². The summed E-state index contributed by atoms with van der Waals surface area (Å²) >= 11 is 5.15. The quantitative estimate of drug-likeness (QED) is 0.365. The van der Waals surface area contributed by atoms with E-state index in [9.17, 15) is 13.2 Å². The Morgan fingerprint density at radius 2 is 1.62 bits per heavy atom. The summed E-state index contributed by atoms with van der Waals surface area (Å²) in [7, 11) is -3.74. The zero-order valence-corrected chi connectivity index (χ0v) is 19.3. The zero-order valence-electron chi connectivity index (χ0n) is 17.6. The van der Waals surface area contributed by atoms with Gasteiger partial charge in [-0.3, -0.25) is 14.8 Å². The molecule has 0 bridgehead atoms. The van der Waals surface area contributed by atoms with Gasteiger partial charge < -0.3 is 5.32 Å². The van der Waals surface area contributed by atoms with E-state index in [0.717, 1.165) is 16.7 Å². The predicted molar refractivity (Wildman–Crippen MR) is 133 cm³/mol. The molecule has 0 aliphatic heterocycles. The minimum absolute atomic E-state index is 0.108. The normalized spacial score (nSPS) is 11.2. The summed E-state index contributed by atoms with van der Waals surface area (Å²) in [5.41, 5.74) is 3.87. The molecule has 0 fully saturated rings. The minimum atomic E-state index is -3.74. The number of rotatable bonds is 6. The molecule has 6 nitrogen and oxygen atoms in total. The third kappa shape index (κ3) is 6.50. The van der Waals surface area contributed by atoms with Crippen LogP contribution in [0, 0.1) is 13.8 Å². The van der Waals surface area contributed by atoms with Crippen LogP contribution < -0.4 is 15.4 Å². The zero-order chi connectivity index (χ0) is 23.1. The molecule has 0 spiro atoms. The van der Waals surface area contributed by atoms with Crippen molar-refractivity contribution in [3.8, 4) is 0 Å². The van der Waals surface area contributed by atoms with E-state index in [1.807, 2.05) is 56.3 Å². The number of hydrogen-bond donors (Lipinski definition) is 3. The van der Waals surface area contributed by atoms with E-state index in [4.69, 9.17) is 12.2 Å². The van der Waals surface area contributed by atoms with Crippen molar-refractivity contribution in [2.75, 3.05) is 10.0 Å². The van der Waals surface area contributed by atoms with Crippen LogP contribution in [0.25, 0.3) is 6.08 Å². The van der Waals surface area contributed by atoms with Crippen LogP contribution in [-0.2, 0) is 14.8 Å². The first-order valence-electron chi connectivity index (χ1n) is 9.78. The first kappa shape index (κ1) is 23.2. The van der Waals surface area contributed by atoms with Gasteiger partial charge in [0.1, 0.15) is 0 Å². The average Bonchev–Trinajstić information content (AvgIpc) is 2.75. The van der Waals surface area contributed by atoms with Crippen LogP contribution in [-0.4, -0.2) is 19.4 Å². The Morgan fingerprint density at radius 3 is 2.28 bits per heavy atom. The van der Waals surface area contributed by atoms with E-state index >= 15 is 0 Å². The Balaban J connectivity index is 1.59. The number of carbonyl (C=O) groups excluding carboxylic acids is 1. The summed E-state index contributed by atoms with van der Waals surface area (Å²) in [6.07, 6.45) is 3.07. The van der Waals surface area contributed by atoms with E-state index in [1.165, 1.54) is 18.2 Å². The monoisotopic (exact) mass is 465 g/mol. The predicted octanol–water partition coefficient (Wildman–Crippen LogP) is 4.63. The number of carbonyl (C=O) groups is 1. The van der Waals surface area contributed by atoms with Crippen molar-refractivity contribution in [3.05, 3.63) is 95.6 Å². The lowest BCUT2D eigenvalue weighted by molar-refractivity contribution is -0.115. The number of nitrogens with one attached hydrogen (secondary N) is 3. The molecule has 3 rings (SSSR count). The Kier molecular flexibility index (Phi) is 7.40. The summed E-state index contributed by atoms with van der Waals surface area (Å²) in [6, 6.07) is 21.0. The second-order valence-electron chi connectivity index (χ2n) is 7.14. The topological polar surface area (TPSA) is 87.3 Å². The first-order valence-corrected chi connectivity index (χ1v) is 11.7. The fourth-order valence-electron chi connectivity index (χ4n) is 2.90. The van der Waals surface area contributed by atoms with Gasteiger partial charge in [-0.2, -0.15) is 0 Å². The maximum absolute atomic E-state index is 12.7. The van der Waals surface area contributed by atoms with Crippen LogP contribution in [0.15, 0.2) is 83.8 Å². The average molecular weight is 466 g/mol. The summed E-state index contributed by atoms with van der Waals surface area (Å²) < 4.78 is 28.0. The molecule has 0 saturated heterocycles. The SMILES string of the molecule is Cc1ccc(NS(=O)(=O)c2ccc(NC(=S)NC(=O)C=Cc3ccccc3)cc2)c(C)c1. The Morgan fingerprint density at radius 1 is 0.938 bits per heavy atom. The molecule has 3 aromatic carbocycles. The Hall–Kier alpha value is -3.49. The highest BCUT2D eigenvalue weighted by Crippen LogP contribution is 2.21. The number of amides is 1. The molecular formula is C24H23N3O3S2. The van der Waals surface area contributed by atoms with Crippen molar-refractivity contribution in [1.82, 2.24) is 5.32 Å². The number of hydrogen-bond acceptors (Lipinski definition) is 4. The molecule has 3 N–H and O–H groups in total.